The fourth-order valence-corrected chi connectivity index (χ4v) is 3.44. The van der Waals surface area contributed by atoms with E-state index in [0.717, 1.165) is 6.04 Å². The summed E-state index contributed by atoms with van der Waals surface area (Å²) in [5.74, 6) is -0.303. The standard InChI is InChI=1S/C15H23F3N2O5SSi/c1-27(2,3)7-6-23-11-20-10-12(9-19-20)14-8-13(4-5-24-14)25-26(21,22)15(16,17)18/h8-10,14H,4-7,11H2,1-3H3. The van der Waals surface area contributed by atoms with Gasteiger partial charge in [-0.25, -0.2) is 4.68 Å². The van der Waals surface area contributed by atoms with Gasteiger partial charge in [-0.2, -0.15) is 26.7 Å². The molecule has 27 heavy (non-hydrogen) atoms. The molecule has 0 saturated heterocycles. The lowest BCUT2D eigenvalue weighted by Crippen LogP contribution is -2.26. The van der Waals surface area contributed by atoms with Crippen LogP contribution in [0.15, 0.2) is 24.2 Å². The van der Waals surface area contributed by atoms with Gasteiger partial charge in [-0.15, -0.1) is 0 Å². The normalized spacial score (nSPS) is 19.0. The van der Waals surface area contributed by atoms with Crippen molar-refractivity contribution in [2.24, 2.45) is 0 Å². The number of halogens is 3. The van der Waals surface area contributed by atoms with Gasteiger partial charge in [0.05, 0.1) is 12.8 Å². The lowest BCUT2D eigenvalue weighted by molar-refractivity contribution is -0.0530. The number of aromatic nitrogens is 2. The molecule has 12 heteroatoms. The summed E-state index contributed by atoms with van der Waals surface area (Å²) in [4.78, 5) is 0. The fraction of sp³-hybridized carbons (Fsp3) is 0.667. The first-order valence-electron chi connectivity index (χ1n) is 8.30. The van der Waals surface area contributed by atoms with Crippen LogP contribution in [0.4, 0.5) is 13.2 Å². The van der Waals surface area contributed by atoms with Gasteiger partial charge in [0, 0.05) is 32.9 Å². The molecule has 0 bridgehead atoms. The highest BCUT2D eigenvalue weighted by Crippen LogP contribution is 2.31. The van der Waals surface area contributed by atoms with E-state index in [-0.39, 0.29) is 25.5 Å². The molecule has 1 atom stereocenters. The Kier molecular flexibility index (Phi) is 6.76. The summed E-state index contributed by atoms with van der Waals surface area (Å²) in [6, 6.07) is 1.02. The monoisotopic (exact) mass is 428 g/mol. The minimum Gasteiger partial charge on any atom is -0.381 e. The van der Waals surface area contributed by atoms with Crippen LogP contribution < -0.4 is 0 Å². The maximum atomic E-state index is 12.4. The average molecular weight is 429 g/mol. The van der Waals surface area contributed by atoms with Crippen LogP contribution in [-0.2, 0) is 30.5 Å². The Labute approximate surface area is 157 Å². The summed E-state index contributed by atoms with van der Waals surface area (Å²) in [5.41, 5.74) is -4.91. The molecule has 154 valence electrons. The fourth-order valence-electron chi connectivity index (χ4n) is 2.17. The zero-order valence-electron chi connectivity index (χ0n) is 15.3. The molecule has 7 nitrogen and oxygen atoms in total. The van der Waals surface area contributed by atoms with E-state index < -0.39 is 29.8 Å². The molecular weight excluding hydrogens is 405 g/mol. The molecule has 1 aliphatic rings. The minimum atomic E-state index is -5.69. The lowest BCUT2D eigenvalue weighted by atomic mass is 10.1. The Balaban J connectivity index is 1.97. The van der Waals surface area contributed by atoms with E-state index in [4.69, 9.17) is 9.47 Å². The third-order valence-electron chi connectivity index (χ3n) is 3.69. The second-order valence-corrected chi connectivity index (χ2v) is 14.5. The molecule has 0 saturated carbocycles. The molecule has 0 aromatic carbocycles. The van der Waals surface area contributed by atoms with Crippen molar-refractivity contribution >= 4 is 18.2 Å². The summed E-state index contributed by atoms with van der Waals surface area (Å²) >= 11 is 0. The summed E-state index contributed by atoms with van der Waals surface area (Å²) in [6.45, 7) is 7.63. The van der Waals surface area contributed by atoms with E-state index in [1.54, 1.807) is 10.9 Å². The highest BCUT2D eigenvalue weighted by Gasteiger charge is 2.49. The second kappa shape index (κ2) is 8.33. The molecule has 0 aliphatic carbocycles. The number of hydrogen-bond acceptors (Lipinski definition) is 6. The lowest BCUT2D eigenvalue weighted by Gasteiger charge is -2.21. The van der Waals surface area contributed by atoms with E-state index in [1.807, 2.05) is 0 Å². The molecule has 0 fully saturated rings. The molecule has 0 radical (unpaired) electrons. The van der Waals surface area contributed by atoms with Crippen LogP contribution in [0.2, 0.25) is 25.7 Å². The van der Waals surface area contributed by atoms with E-state index in [9.17, 15) is 21.6 Å². The van der Waals surface area contributed by atoms with Gasteiger partial charge >= 0.3 is 15.6 Å². The number of nitrogens with zero attached hydrogens (tertiary/aromatic N) is 2. The van der Waals surface area contributed by atoms with Crippen molar-refractivity contribution < 1.29 is 35.2 Å². The molecule has 1 aromatic rings. The van der Waals surface area contributed by atoms with Gasteiger partial charge in [-0.3, -0.25) is 0 Å². The molecule has 0 amide bonds. The SMILES string of the molecule is C[Si](C)(C)CCOCn1cc(C2C=C(OS(=O)(=O)C(F)(F)F)CCO2)cn1. The van der Waals surface area contributed by atoms with E-state index in [0.29, 0.717) is 12.2 Å². The Bertz CT molecular complexity index is 771. The maximum absolute atomic E-state index is 12.4. The Morgan fingerprint density at radius 2 is 2.07 bits per heavy atom. The van der Waals surface area contributed by atoms with Crippen molar-refractivity contribution in [3.8, 4) is 0 Å². The third-order valence-corrected chi connectivity index (χ3v) is 6.39. The molecule has 0 N–H and O–H groups in total. The van der Waals surface area contributed by atoms with Gasteiger partial charge in [0.1, 0.15) is 18.6 Å². The Hall–Kier alpha value is -1.37. The van der Waals surface area contributed by atoms with E-state index in [2.05, 4.69) is 28.9 Å². The summed E-state index contributed by atoms with van der Waals surface area (Å²) in [6.07, 6.45) is 3.52. The van der Waals surface area contributed by atoms with Crippen LogP contribution in [-0.4, -0.2) is 45.0 Å². The van der Waals surface area contributed by atoms with Gasteiger partial charge < -0.3 is 13.7 Å². The van der Waals surface area contributed by atoms with Gasteiger partial charge in [0.25, 0.3) is 0 Å². The molecule has 1 aromatic heterocycles. The molecule has 2 heterocycles. The van der Waals surface area contributed by atoms with Crippen molar-refractivity contribution in [3.63, 3.8) is 0 Å². The van der Waals surface area contributed by atoms with Crippen LogP contribution in [0.5, 0.6) is 0 Å². The molecule has 1 aliphatic heterocycles. The highest BCUT2D eigenvalue weighted by molar-refractivity contribution is 7.87. The van der Waals surface area contributed by atoms with Gasteiger partial charge in [0.15, 0.2) is 0 Å². The number of hydrogen-bond donors (Lipinski definition) is 0. The van der Waals surface area contributed by atoms with Gasteiger partial charge in [-0.05, 0) is 12.1 Å². The quantitative estimate of drug-likeness (QED) is 0.273. The number of rotatable bonds is 8. The number of ether oxygens (including phenoxy) is 2. The van der Waals surface area contributed by atoms with Crippen LogP contribution in [0.25, 0.3) is 0 Å². The smallest absolute Gasteiger partial charge is 0.381 e. The summed E-state index contributed by atoms with van der Waals surface area (Å²) in [5, 5.41) is 4.12. The average Bonchev–Trinajstić information content (AvgIpc) is 2.98. The molecule has 0 spiro atoms. The van der Waals surface area contributed by atoms with Crippen molar-refractivity contribution in [2.75, 3.05) is 13.2 Å². The molecular formula is C15H23F3N2O5SSi. The zero-order chi connectivity index (χ0) is 20.3. The molecule has 1 unspecified atom stereocenters. The third kappa shape index (κ3) is 6.62. The van der Waals surface area contributed by atoms with E-state index >= 15 is 0 Å². The van der Waals surface area contributed by atoms with Crippen LogP contribution in [0, 0.1) is 0 Å². The van der Waals surface area contributed by atoms with Gasteiger partial charge in [-0.1, -0.05) is 19.6 Å². The van der Waals surface area contributed by atoms with Crippen molar-refractivity contribution in [1.82, 2.24) is 9.78 Å². The topological polar surface area (TPSA) is 79.7 Å². The van der Waals surface area contributed by atoms with Crippen molar-refractivity contribution in [1.29, 1.82) is 0 Å². The van der Waals surface area contributed by atoms with Crippen LogP contribution in [0.1, 0.15) is 18.1 Å². The number of alkyl halides is 3. The maximum Gasteiger partial charge on any atom is 0.534 e. The van der Waals surface area contributed by atoms with Crippen molar-refractivity contribution in [2.45, 2.75) is 50.4 Å². The first kappa shape index (κ1) is 21.9. The van der Waals surface area contributed by atoms with Crippen LogP contribution >= 0.6 is 0 Å². The van der Waals surface area contributed by atoms with Crippen LogP contribution in [0.3, 0.4) is 0 Å². The van der Waals surface area contributed by atoms with Gasteiger partial charge in [0.2, 0.25) is 0 Å². The van der Waals surface area contributed by atoms with E-state index in [1.165, 1.54) is 12.3 Å². The Morgan fingerprint density at radius 1 is 1.37 bits per heavy atom. The predicted octanol–water partition coefficient (Wildman–Crippen LogP) is 3.41. The predicted molar refractivity (Wildman–Crippen MR) is 93.8 cm³/mol. The Morgan fingerprint density at radius 3 is 2.70 bits per heavy atom. The first-order chi connectivity index (χ1) is 12.4. The summed E-state index contributed by atoms with van der Waals surface area (Å²) < 4.78 is 76.3. The zero-order valence-corrected chi connectivity index (χ0v) is 17.1. The second-order valence-electron chi connectivity index (χ2n) is 7.32. The highest BCUT2D eigenvalue weighted by atomic mass is 32.2. The first-order valence-corrected chi connectivity index (χ1v) is 13.4. The minimum absolute atomic E-state index is 0.0295. The van der Waals surface area contributed by atoms with Crippen molar-refractivity contribution in [3.05, 3.63) is 29.8 Å². The summed E-state index contributed by atoms with van der Waals surface area (Å²) in [7, 11) is -6.87. The largest absolute Gasteiger partial charge is 0.534 e. The molecule has 2 rings (SSSR count).